The molecule has 0 saturated carbocycles. The van der Waals surface area contributed by atoms with E-state index in [1.54, 1.807) is 6.07 Å². The van der Waals surface area contributed by atoms with Gasteiger partial charge < -0.3 is 15.6 Å². The fraction of sp³-hybridized carbons (Fsp3) is 0.167. The number of rotatable bonds is 4. The van der Waals surface area contributed by atoms with Crippen molar-refractivity contribution in [2.24, 2.45) is 5.73 Å². The predicted octanol–water partition coefficient (Wildman–Crippen LogP) is 2.88. The van der Waals surface area contributed by atoms with Gasteiger partial charge in [0.05, 0.1) is 17.1 Å². The van der Waals surface area contributed by atoms with Gasteiger partial charge in [-0.2, -0.15) is 0 Å². The number of halogens is 1. The van der Waals surface area contributed by atoms with E-state index in [1.165, 1.54) is 0 Å². The van der Waals surface area contributed by atoms with Crippen LogP contribution >= 0.6 is 23.8 Å². The molecule has 0 aliphatic heterocycles. The zero-order chi connectivity index (χ0) is 13.1. The Balaban J connectivity index is 2.19. The van der Waals surface area contributed by atoms with Gasteiger partial charge >= 0.3 is 0 Å². The first-order valence-corrected chi connectivity index (χ1v) is 6.11. The van der Waals surface area contributed by atoms with Gasteiger partial charge in [-0.15, -0.1) is 0 Å². The molecule has 0 amide bonds. The second-order valence-electron chi connectivity index (χ2n) is 3.81. The molecule has 4 nitrogen and oxygen atoms in total. The number of nitrogens with two attached hydrogens (primary N) is 1. The number of aromatic nitrogens is 1. The third kappa shape index (κ3) is 2.80. The van der Waals surface area contributed by atoms with E-state index in [1.807, 2.05) is 25.1 Å². The van der Waals surface area contributed by atoms with Crippen LogP contribution in [-0.4, -0.2) is 10.1 Å². The third-order valence-electron chi connectivity index (χ3n) is 2.40. The Hall–Kier alpha value is -1.59. The summed E-state index contributed by atoms with van der Waals surface area (Å²) in [6.07, 6.45) is 0. The summed E-state index contributed by atoms with van der Waals surface area (Å²) < 4.78 is 4.99. The summed E-state index contributed by atoms with van der Waals surface area (Å²) in [5, 5.41) is 7.62. The molecule has 18 heavy (non-hydrogen) atoms. The maximum Gasteiger partial charge on any atom is 0.133 e. The monoisotopic (exact) mass is 281 g/mol. The van der Waals surface area contributed by atoms with Crippen LogP contribution in [-0.2, 0) is 6.54 Å². The molecule has 1 aromatic heterocycles. The fourth-order valence-corrected chi connectivity index (χ4v) is 2.16. The van der Waals surface area contributed by atoms with Crippen molar-refractivity contribution in [1.82, 2.24) is 5.16 Å². The van der Waals surface area contributed by atoms with E-state index in [4.69, 9.17) is 34.1 Å². The molecule has 0 spiro atoms. The first-order valence-electron chi connectivity index (χ1n) is 5.32. The highest BCUT2D eigenvalue weighted by molar-refractivity contribution is 7.80. The number of benzene rings is 1. The minimum absolute atomic E-state index is 0.263. The Morgan fingerprint density at radius 3 is 2.94 bits per heavy atom. The molecule has 1 aromatic carbocycles. The highest BCUT2D eigenvalue weighted by atomic mass is 35.5. The van der Waals surface area contributed by atoms with Gasteiger partial charge in [-0.3, -0.25) is 0 Å². The largest absolute Gasteiger partial charge is 0.389 e. The molecule has 3 N–H and O–H groups in total. The van der Waals surface area contributed by atoms with E-state index < -0.39 is 0 Å². The summed E-state index contributed by atoms with van der Waals surface area (Å²) in [6.45, 7) is 2.36. The van der Waals surface area contributed by atoms with Gasteiger partial charge in [0.25, 0.3) is 0 Å². The highest BCUT2D eigenvalue weighted by Crippen LogP contribution is 2.24. The molecule has 0 radical (unpaired) electrons. The van der Waals surface area contributed by atoms with Crippen molar-refractivity contribution in [3.8, 4) is 0 Å². The molecule has 94 valence electrons. The van der Waals surface area contributed by atoms with Crippen molar-refractivity contribution in [1.29, 1.82) is 0 Å². The zero-order valence-electron chi connectivity index (χ0n) is 9.74. The smallest absolute Gasteiger partial charge is 0.133 e. The van der Waals surface area contributed by atoms with Crippen molar-refractivity contribution in [3.63, 3.8) is 0 Å². The molecule has 0 bridgehead atoms. The Morgan fingerprint density at radius 1 is 1.56 bits per heavy atom. The maximum absolute atomic E-state index is 6.07. The lowest BCUT2D eigenvalue weighted by atomic mass is 10.1. The number of aryl methyl sites for hydroxylation is 1. The van der Waals surface area contributed by atoms with Gasteiger partial charge in [0, 0.05) is 11.8 Å². The fourth-order valence-electron chi connectivity index (χ4n) is 1.61. The van der Waals surface area contributed by atoms with Crippen molar-refractivity contribution in [2.75, 3.05) is 5.32 Å². The molecule has 1 heterocycles. The van der Waals surface area contributed by atoms with Crippen LogP contribution in [0.15, 0.2) is 28.8 Å². The van der Waals surface area contributed by atoms with Gasteiger partial charge in [-0.1, -0.05) is 35.0 Å². The summed E-state index contributed by atoms with van der Waals surface area (Å²) in [4.78, 5) is 0.263. The quantitative estimate of drug-likeness (QED) is 0.844. The van der Waals surface area contributed by atoms with Crippen molar-refractivity contribution in [3.05, 3.63) is 46.3 Å². The Labute approximate surface area is 115 Å². The van der Waals surface area contributed by atoms with Crippen LogP contribution in [0.4, 0.5) is 5.69 Å². The predicted molar refractivity (Wildman–Crippen MR) is 75.9 cm³/mol. The van der Waals surface area contributed by atoms with E-state index in [0.717, 1.165) is 17.1 Å². The minimum Gasteiger partial charge on any atom is -0.389 e. The normalized spacial score (nSPS) is 10.3. The summed E-state index contributed by atoms with van der Waals surface area (Å²) in [5.74, 6) is 0.771. The maximum atomic E-state index is 6.07. The Morgan fingerprint density at radius 2 is 2.33 bits per heavy atom. The van der Waals surface area contributed by atoms with E-state index in [-0.39, 0.29) is 4.99 Å². The summed E-state index contributed by atoms with van der Waals surface area (Å²) in [5.41, 5.74) is 7.90. The van der Waals surface area contributed by atoms with Crippen LogP contribution in [0.2, 0.25) is 5.02 Å². The van der Waals surface area contributed by atoms with Crippen LogP contribution in [0.5, 0.6) is 0 Å². The lowest BCUT2D eigenvalue weighted by molar-refractivity contribution is 0.391. The Kier molecular flexibility index (Phi) is 3.84. The van der Waals surface area contributed by atoms with E-state index in [9.17, 15) is 0 Å². The molecule has 0 saturated heterocycles. The number of nitrogens with zero attached hydrogens (tertiary/aromatic N) is 1. The average molecular weight is 282 g/mol. The summed E-state index contributed by atoms with van der Waals surface area (Å²) >= 11 is 11.1. The van der Waals surface area contributed by atoms with Gasteiger partial charge in [-0.25, -0.2) is 0 Å². The molecule has 0 fully saturated rings. The van der Waals surface area contributed by atoms with Crippen molar-refractivity contribution >= 4 is 34.5 Å². The zero-order valence-corrected chi connectivity index (χ0v) is 11.3. The van der Waals surface area contributed by atoms with Crippen LogP contribution in [0, 0.1) is 6.92 Å². The first-order chi connectivity index (χ1) is 8.58. The summed E-state index contributed by atoms with van der Waals surface area (Å²) in [7, 11) is 0. The number of hydrogen-bond acceptors (Lipinski definition) is 4. The number of nitrogens with one attached hydrogen (secondary N) is 1. The Bertz CT molecular complexity index is 582. The van der Waals surface area contributed by atoms with Crippen LogP contribution in [0.25, 0.3) is 0 Å². The molecule has 2 rings (SSSR count). The van der Waals surface area contributed by atoms with Crippen molar-refractivity contribution in [2.45, 2.75) is 13.5 Å². The molecule has 6 heteroatoms. The molecule has 0 unspecified atom stereocenters. The van der Waals surface area contributed by atoms with Crippen LogP contribution in [0.1, 0.15) is 17.0 Å². The standard InChI is InChI=1S/C12H12ClN3OS/c1-7-5-8(16-17-7)6-15-10-4-2-3-9(13)11(10)12(14)18/h2-5,15H,6H2,1H3,(H2,14,18). The molecule has 0 aliphatic rings. The molecule has 0 aliphatic carbocycles. The molecule has 2 aromatic rings. The molecular weight excluding hydrogens is 270 g/mol. The van der Waals surface area contributed by atoms with E-state index in [0.29, 0.717) is 17.1 Å². The third-order valence-corrected chi connectivity index (χ3v) is 2.92. The highest BCUT2D eigenvalue weighted by Gasteiger charge is 2.10. The average Bonchev–Trinajstić information content (AvgIpc) is 2.72. The van der Waals surface area contributed by atoms with Gasteiger partial charge in [0.2, 0.25) is 0 Å². The van der Waals surface area contributed by atoms with Crippen molar-refractivity contribution < 1.29 is 4.52 Å². The van der Waals surface area contributed by atoms with Crippen LogP contribution < -0.4 is 11.1 Å². The van der Waals surface area contributed by atoms with E-state index >= 15 is 0 Å². The lowest BCUT2D eigenvalue weighted by Gasteiger charge is -2.11. The number of anilines is 1. The second-order valence-corrected chi connectivity index (χ2v) is 4.66. The first kappa shape index (κ1) is 12.9. The van der Waals surface area contributed by atoms with Crippen LogP contribution in [0.3, 0.4) is 0 Å². The second kappa shape index (κ2) is 5.37. The minimum atomic E-state index is 0.263. The number of thiocarbonyl (C=S) groups is 1. The molecule has 0 atom stereocenters. The van der Waals surface area contributed by atoms with E-state index in [2.05, 4.69) is 10.5 Å². The van der Waals surface area contributed by atoms with Gasteiger partial charge in [-0.05, 0) is 19.1 Å². The van der Waals surface area contributed by atoms with Gasteiger partial charge in [0.15, 0.2) is 0 Å². The van der Waals surface area contributed by atoms with Gasteiger partial charge in [0.1, 0.15) is 16.4 Å². The molecular formula is C12H12ClN3OS. The lowest BCUT2D eigenvalue weighted by Crippen LogP contribution is -2.14. The topological polar surface area (TPSA) is 64.1 Å². The number of hydrogen-bond donors (Lipinski definition) is 2. The SMILES string of the molecule is Cc1cc(CNc2cccc(Cl)c2C(N)=S)no1. The summed E-state index contributed by atoms with van der Waals surface area (Å²) in [6, 6.07) is 7.31.